The molecule has 0 radical (unpaired) electrons. The van der Waals surface area contributed by atoms with E-state index in [1.54, 1.807) is 6.07 Å². The van der Waals surface area contributed by atoms with Crippen LogP contribution in [0.4, 0.5) is 5.69 Å². The van der Waals surface area contributed by atoms with E-state index in [-0.39, 0.29) is 17.7 Å². The second-order valence-electron chi connectivity index (χ2n) is 12.4. The number of amides is 1. The SMILES string of the molecule is Cc1cc(Oc2ccccc2C2CC2)ccc1C1(N)C(=O)C(N)c2c(C(=O)NC3CCCN(C)C3)sc3c(N)ccc1c23. The monoisotopic (exact) mass is 595 g/mol. The van der Waals surface area contributed by atoms with Crippen molar-refractivity contribution in [2.24, 2.45) is 11.5 Å². The van der Waals surface area contributed by atoms with Gasteiger partial charge in [-0.05, 0) is 98.6 Å². The van der Waals surface area contributed by atoms with Crippen LogP contribution in [0.3, 0.4) is 0 Å². The Hall–Kier alpha value is -3.76. The molecule has 222 valence electrons. The van der Waals surface area contributed by atoms with E-state index < -0.39 is 11.6 Å². The highest BCUT2D eigenvalue weighted by Crippen LogP contribution is 2.50. The molecule has 1 saturated carbocycles. The quantitative estimate of drug-likeness (QED) is 0.229. The van der Waals surface area contributed by atoms with Crippen molar-refractivity contribution in [1.82, 2.24) is 10.2 Å². The third-order valence-corrected chi connectivity index (χ3v) is 10.5. The molecule has 0 spiro atoms. The lowest BCUT2D eigenvalue weighted by Gasteiger charge is -2.37. The predicted octanol–water partition coefficient (Wildman–Crippen LogP) is 5.07. The summed E-state index contributed by atoms with van der Waals surface area (Å²) in [5.41, 5.74) is 23.1. The molecule has 3 aliphatic rings. The van der Waals surface area contributed by atoms with Gasteiger partial charge in [-0.1, -0.05) is 30.3 Å². The number of likely N-dealkylation sites (N-methyl/N-ethyl adjacent to an activating group) is 1. The van der Waals surface area contributed by atoms with Gasteiger partial charge in [0.1, 0.15) is 17.0 Å². The number of ketones is 1. The summed E-state index contributed by atoms with van der Waals surface area (Å²) < 4.78 is 7.06. The standard InChI is InChI=1S/C34H37N5O3S/c1-18-16-21(42-26-8-4-3-7-22(26)19-9-10-19)11-12-23(18)34(37)24-13-14-25(35)30-27(24)28(29(36)32(34)40)31(43-30)33(41)38-20-6-5-15-39(2)17-20/h3-4,7-8,11-14,16,19-20,29H,5-6,9-10,15,17,35-37H2,1-2H3,(H,38,41). The van der Waals surface area contributed by atoms with Crippen LogP contribution in [0.1, 0.15) is 75.1 Å². The zero-order valence-corrected chi connectivity index (χ0v) is 25.3. The zero-order valence-electron chi connectivity index (χ0n) is 24.5. The van der Waals surface area contributed by atoms with Crippen LogP contribution in [0.5, 0.6) is 11.5 Å². The Morgan fingerprint density at radius 1 is 1.09 bits per heavy atom. The van der Waals surface area contributed by atoms with Crippen molar-refractivity contribution in [1.29, 1.82) is 0 Å². The van der Waals surface area contributed by atoms with Gasteiger partial charge in [0.2, 0.25) is 0 Å². The Kier molecular flexibility index (Phi) is 6.81. The molecule has 3 atom stereocenters. The number of piperidine rings is 1. The van der Waals surface area contributed by atoms with Gasteiger partial charge in [-0.2, -0.15) is 0 Å². The van der Waals surface area contributed by atoms with Gasteiger partial charge < -0.3 is 32.2 Å². The normalized spacial score (nSPS) is 23.9. The first-order chi connectivity index (χ1) is 20.7. The minimum absolute atomic E-state index is 0.0317. The molecular weight excluding hydrogens is 558 g/mol. The van der Waals surface area contributed by atoms with Gasteiger partial charge in [0.05, 0.1) is 15.6 Å². The molecule has 3 aromatic carbocycles. The minimum atomic E-state index is -1.52. The first-order valence-electron chi connectivity index (χ1n) is 15.0. The zero-order chi connectivity index (χ0) is 30.0. The minimum Gasteiger partial charge on any atom is -0.457 e. The van der Waals surface area contributed by atoms with Crippen molar-refractivity contribution in [3.63, 3.8) is 0 Å². The molecule has 1 aromatic heterocycles. The van der Waals surface area contributed by atoms with E-state index in [0.29, 0.717) is 44.3 Å². The highest BCUT2D eigenvalue weighted by molar-refractivity contribution is 7.21. The molecule has 2 fully saturated rings. The number of carbonyl (C=O) groups is 2. The average Bonchev–Trinajstić information content (AvgIpc) is 3.75. The number of nitrogens with one attached hydrogen (secondary N) is 1. The fourth-order valence-corrected chi connectivity index (χ4v) is 8.14. The van der Waals surface area contributed by atoms with Gasteiger partial charge in [-0.3, -0.25) is 9.59 Å². The van der Waals surface area contributed by atoms with Crippen LogP contribution < -0.4 is 27.3 Å². The summed E-state index contributed by atoms with van der Waals surface area (Å²) in [6, 6.07) is 16.3. The van der Waals surface area contributed by atoms with Crippen LogP contribution in [0, 0.1) is 6.92 Å². The van der Waals surface area contributed by atoms with Crippen molar-refractivity contribution in [3.05, 3.63) is 87.3 Å². The van der Waals surface area contributed by atoms with E-state index in [1.807, 2.05) is 49.4 Å². The summed E-state index contributed by atoms with van der Waals surface area (Å²) in [5.74, 6) is 1.50. The summed E-state index contributed by atoms with van der Waals surface area (Å²) in [5, 5.41) is 3.89. The summed E-state index contributed by atoms with van der Waals surface area (Å²) >= 11 is 1.29. The van der Waals surface area contributed by atoms with Crippen LogP contribution in [0.25, 0.3) is 10.1 Å². The van der Waals surface area contributed by atoms with E-state index in [2.05, 4.69) is 23.3 Å². The fraction of sp³-hybridized carbons (Fsp3) is 0.353. The number of benzene rings is 3. The van der Waals surface area contributed by atoms with Crippen molar-refractivity contribution >= 4 is 38.8 Å². The van der Waals surface area contributed by atoms with Gasteiger partial charge >= 0.3 is 0 Å². The van der Waals surface area contributed by atoms with Gasteiger partial charge in [0.25, 0.3) is 5.91 Å². The second-order valence-corrected chi connectivity index (χ2v) is 13.4. The number of nitrogens with zero attached hydrogens (tertiary/aromatic N) is 1. The smallest absolute Gasteiger partial charge is 0.262 e. The molecule has 7 rings (SSSR count). The van der Waals surface area contributed by atoms with Crippen LogP contribution in [-0.4, -0.2) is 42.8 Å². The second kappa shape index (κ2) is 10.4. The molecule has 2 heterocycles. The van der Waals surface area contributed by atoms with E-state index >= 15 is 0 Å². The van der Waals surface area contributed by atoms with Crippen molar-refractivity contribution in [2.45, 2.75) is 56.1 Å². The summed E-state index contributed by atoms with van der Waals surface area (Å²) in [7, 11) is 2.05. The van der Waals surface area contributed by atoms with Crippen LogP contribution in [0.15, 0.2) is 54.6 Å². The number of aryl methyl sites for hydroxylation is 1. The Bertz CT molecular complexity index is 1780. The van der Waals surface area contributed by atoms with E-state index in [4.69, 9.17) is 21.9 Å². The molecular formula is C34H37N5O3S. The molecule has 9 heteroatoms. The number of thiophene rings is 1. The predicted molar refractivity (Wildman–Crippen MR) is 171 cm³/mol. The molecule has 43 heavy (non-hydrogen) atoms. The number of nitrogens with two attached hydrogens (primary N) is 3. The summed E-state index contributed by atoms with van der Waals surface area (Å²) in [6.07, 6.45) is 4.28. The Labute approximate surface area is 255 Å². The van der Waals surface area contributed by atoms with Crippen molar-refractivity contribution < 1.29 is 14.3 Å². The highest BCUT2D eigenvalue weighted by atomic mass is 32.1. The number of likely N-dealkylation sites (tertiary alicyclic amines) is 1. The van der Waals surface area contributed by atoms with Crippen molar-refractivity contribution in [2.75, 3.05) is 25.9 Å². The lowest BCUT2D eigenvalue weighted by Crippen LogP contribution is -2.53. The molecule has 7 N–H and O–H groups in total. The Morgan fingerprint density at radius 2 is 1.86 bits per heavy atom. The molecule has 1 aliphatic heterocycles. The molecule has 4 aromatic rings. The number of rotatable bonds is 6. The number of hydrogen-bond acceptors (Lipinski definition) is 8. The maximum absolute atomic E-state index is 14.2. The van der Waals surface area contributed by atoms with Gasteiger partial charge in [0, 0.05) is 29.2 Å². The highest BCUT2D eigenvalue weighted by Gasteiger charge is 2.49. The number of anilines is 1. The maximum atomic E-state index is 14.2. The Balaban J connectivity index is 1.28. The number of carbonyl (C=O) groups excluding carboxylic acids is 2. The molecule has 0 bridgehead atoms. The maximum Gasteiger partial charge on any atom is 0.262 e. The third kappa shape index (κ3) is 4.62. The van der Waals surface area contributed by atoms with E-state index in [1.165, 1.54) is 29.7 Å². The number of hydrogen-bond donors (Lipinski definition) is 4. The van der Waals surface area contributed by atoms with E-state index in [9.17, 15) is 9.59 Å². The molecule has 3 unspecified atom stereocenters. The van der Waals surface area contributed by atoms with Gasteiger partial charge in [0.15, 0.2) is 5.78 Å². The average molecular weight is 596 g/mol. The largest absolute Gasteiger partial charge is 0.457 e. The van der Waals surface area contributed by atoms with Crippen molar-refractivity contribution in [3.8, 4) is 11.5 Å². The summed E-state index contributed by atoms with van der Waals surface area (Å²) in [4.78, 5) is 30.5. The van der Waals surface area contributed by atoms with Gasteiger partial charge in [-0.25, -0.2) is 0 Å². The lowest BCUT2D eigenvalue weighted by molar-refractivity contribution is -0.124. The number of Topliss-reactive ketones (excluding diaryl/α,β-unsaturated/α-hetero) is 1. The van der Waals surface area contributed by atoms with Crippen LogP contribution >= 0.6 is 11.3 Å². The molecule has 2 aliphatic carbocycles. The number of ether oxygens (including phenoxy) is 1. The lowest BCUT2D eigenvalue weighted by atomic mass is 9.69. The number of nitrogen functional groups attached to an aromatic ring is 1. The van der Waals surface area contributed by atoms with Crippen LogP contribution in [0.2, 0.25) is 0 Å². The van der Waals surface area contributed by atoms with E-state index in [0.717, 1.165) is 41.9 Å². The summed E-state index contributed by atoms with van der Waals surface area (Å²) in [6.45, 7) is 3.72. The Morgan fingerprint density at radius 3 is 2.60 bits per heavy atom. The third-order valence-electron chi connectivity index (χ3n) is 9.27. The first-order valence-corrected chi connectivity index (χ1v) is 15.8. The number of para-hydroxylation sites is 1. The molecule has 1 saturated heterocycles. The molecule has 1 amide bonds. The van der Waals surface area contributed by atoms with Crippen LogP contribution in [-0.2, 0) is 10.3 Å². The topological polar surface area (TPSA) is 137 Å². The fourth-order valence-electron chi connectivity index (χ4n) is 6.94. The molecule has 8 nitrogen and oxygen atoms in total. The van der Waals surface area contributed by atoms with Gasteiger partial charge in [-0.15, -0.1) is 11.3 Å². The first kappa shape index (κ1) is 28.0.